The number of nitro groups is 1. The van der Waals surface area contributed by atoms with Crippen LogP contribution in [0.1, 0.15) is 10.4 Å². The zero-order valence-electron chi connectivity index (χ0n) is 9.02. The minimum Gasteiger partial charge on any atom is -0.424 e. The van der Waals surface area contributed by atoms with E-state index in [1.165, 1.54) is 6.07 Å². The lowest BCUT2D eigenvalue weighted by atomic mass is 10.2. The van der Waals surface area contributed by atoms with Crippen LogP contribution in [0.4, 0.5) is 5.69 Å². The van der Waals surface area contributed by atoms with E-state index >= 15 is 0 Å². The van der Waals surface area contributed by atoms with E-state index in [1.54, 1.807) is 18.2 Å². The maximum absolute atomic E-state index is 10.6. The molecule has 1 aromatic heterocycles. The highest BCUT2D eigenvalue weighted by Crippen LogP contribution is 2.19. The molecule has 0 unspecified atom stereocenters. The van der Waals surface area contributed by atoms with Crippen molar-refractivity contribution in [2.24, 2.45) is 0 Å². The zero-order valence-corrected chi connectivity index (χ0v) is 9.02. The molecule has 7 heteroatoms. The Labute approximate surface area is 101 Å². The SMILES string of the molecule is O=Cc1cccc(Oc2ncc([N+](=O)[O-])cn2)c1. The third-order valence-electron chi connectivity index (χ3n) is 2.03. The molecular weight excluding hydrogens is 238 g/mol. The quantitative estimate of drug-likeness (QED) is 0.464. The summed E-state index contributed by atoms with van der Waals surface area (Å²) in [5.41, 5.74) is 0.235. The summed E-state index contributed by atoms with van der Waals surface area (Å²) in [6, 6.07) is 6.37. The standard InChI is InChI=1S/C11H7N3O4/c15-7-8-2-1-3-10(4-8)18-11-12-5-9(6-13-11)14(16)17/h1-7H. The van der Waals surface area contributed by atoms with E-state index in [2.05, 4.69) is 9.97 Å². The van der Waals surface area contributed by atoms with Gasteiger partial charge in [0.15, 0.2) is 0 Å². The van der Waals surface area contributed by atoms with Gasteiger partial charge in [0, 0.05) is 5.56 Å². The number of nitrogens with zero attached hydrogens (tertiary/aromatic N) is 3. The fourth-order valence-electron chi connectivity index (χ4n) is 1.21. The van der Waals surface area contributed by atoms with Crippen LogP contribution in [-0.2, 0) is 0 Å². The summed E-state index contributed by atoms with van der Waals surface area (Å²) in [4.78, 5) is 27.7. The van der Waals surface area contributed by atoms with Gasteiger partial charge < -0.3 is 4.74 Å². The third kappa shape index (κ3) is 2.64. The molecule has 2 rings (SSSR count). The van der Waals surface area contributed by atoms with Crippen molar-refractivity contribution in [2.45, 2.75) is 0 Å². The Kier molecular flexibility index (Phi) is 3.24. The van der Waals surface area contributed by atoms with Crippen molar-refractivity contribution in [1.82, 2.24) is 9.97 Å². The first-order valence-corrected chi connectivity index (χ1v) is 4.88. The van der Waals surface area contributed by atoms with Crippen molar-refractivity contribution in [1.29, 1.82) is 0 Å². The topological polar surface area (TPSA) is 95.2 Å². The molecule has 2 aromatic rings. The van der Waals surface area contributed by atoms with Crippen molar-refractivity contribution in [3.63, 3.8) is 0 Å². The summed E-state index contributed by atoms with van der Waals surface area (Å²) in [5, 5.41) is 10.4. The summed E-state index contributed by atoms with van der Waals surface area (Å²) in [7, 11) is 0. The molecule has 0 aliphatic rings. The molecule has 0 aliphatic carbocycles. The number of carbonyl (C=O) groups is 1. The highest BCUT2D eigenvalue weighted by atomic mass is 16.6. The van der Waals surface area contributed by atoms with E-state index in [0.717, 1.165) is 12.4 Å². The van der Waals surface area contributed by atoms with Crippen LogP contribution in [0.15, 0.2) is 36.7 Å². The zero-order chi connectivity index (χ0) is 13.0. The third-order valence-corrected chi connectivity index (χ3v) is 2.03. The van der Waals surface area contributed by atoms with E-state index in [-0.39, 0.29) is 11.7 Å². The summed E-state index contributed by atoms with van der Waals surface area (Å²) < 4.78 is 5.25. The summed E-state index contributed by atoms with van der Waals surface area (Å²) in [6.45, 7) is 0. The second-order valence-corrected chi connectivity index (χ2v) is 3.27. The molecule has 18 heavy (non-hydrogen) atoms. The Morgan fingerprint density at radius 3 is 2.61 bits per heavy atom. The molecule has 0 spiro atoms. The molecule has 0 atom stereocenters. The van der Waals surface area contributed by atoms with Crippen LogP contribution in [0.5, 0.6) is 11.8 Å². The highest BCUT2D eigenvalue weighted by Gasteiger charge is 2.08. The number of aldehydes is 1. The van der Waals surface area contributed by atoms with Crippen molar-refractivity contribution < 1.29 is 14.5 Å². The van der Waals surface area contributed by atoms with Gasteiger partial charge in [-0.05, 0) is 12.1 Å². The van der Waals surface area contributed by atoms with E-state index in [4.69, 9.17) is 4.74 Å². The lowest BCUT2D eigenvalue weighted by molar-refractivity contribution is -0.385. The summed E-state index contributed by atoms with van der Waals surface area (Å²) in [5.74, 6) is 0.383. The van der Waals surface area contributed by atoms with E-state index in [1.807, 2.05) is 0 Å². The Morgan fingerprint density at radius 1 is 1.28 bits per heavy atom. The minimum atomic E-state index is -0.600. The van der Waals surface area contributed by atoms with Gasteiger partial charge in [-0.2, -0.15) is 9.97 Å². The van der Waals surface area contributed by atoms with Gasteiger partial charge in [-0.25, -0.2) is 0 Å². The molecule has 7 nitrogen and oxygen atoms in total. The number of benzene rings is 1. The molecular formula is C11H7N3O4. The summed E-state index contributed by atoms with van der Waals surface area (Å²) in [6.07, 6.45) is 2.78. The van der Waals surface area contributed by atoms with Crippen molar-refractivity contribution in [2.75, 3.05) is 0 Å². The van der Waals surface area contributed by atoms with Crippen molar-refractivity contribution in [3.05, 3.63) is 52.3 Å². The Balaban J connectivity index is 2.17. The van der Waals surface area contributed by atoms with Gasteiger partial charge >= 0.3 is 11.7 Å². The number of carbonyl (C=O) groups excluding carboxylic acids is 1. The van der Waals surface area contributed by atoms with E-state index < -0.39 is 4.92 Å². The van der Waals surface area contributed by atoms with E-state index in [0.29, 0.717) is 17.6 Å². The van der Waals surface area contributed by atoms with Crippen LogP contribution in [0, 0.1) is 10.1 Å². The molecule has 90 valence electrons. The van der Waals surface area contributed by atoms with Gasteiger partial charge in [-0.3, -0.25) is 14.9 Å². The van der Waals surface area contributed by atoms with E-state index in [9.17, 15) is 14.9 Å². The first-order chi connectivity index (χ1) is 8.69. The Morgan fingerprint density at radius 2 is 2.00 bits per heavy atom. The lowest BCUT2D eigenvalue weighted by Gasteiger charge is -2.02. The van der Waals surface area contributed by atoms with Gasteiger partial charge in [-0.1, -0.05) is 12.1 Å². The van der Waals surface area contributed by atoms with Crippen molar-refractivity contribution >= 4 is 12.0 Å². The van der Waals surface area contributed by atoms with Gasteiger partial charge in [0.25, 0.3) is 0 Å². The fourth-order valence-corrected chi connectivity index (χ4v) is 1.21. The fraction of sp³-hybridized carbons (Fsp3) is 0. The molecule has 1 aromatic carbocycles. The molecule has 0 saturated carbocycles. The highest BCUT2D eigenvalue weighted by molar-refractivity contribution is 5.75. The van der Waals surface area contributed by atoms with Crippen LogP contribution in [-0.4, -0.2) is 21.2 Å². The molecule has 0 amide bonds. The van der Waals surface area contributed by atoms with Crippen LogP contribution >= 0.6 is 0 Å². The molecule has 0 aliphatic heterocycles. The number of aromatic nitrogens is 2. The molecule has 0 N–H and O–H groups in total. The minimum absolute atomic E-state index is 0.0244. The first kappa shape index (κ1) is 11.6. The predicted octanol–water partition coefficient (Wildman–Crippen LogP) is 1.99. The number of rotatable bonds is 4. The molecule has 0 fully saturated rings. The van der Waals surface area contributed by atoms with Gasteiger partial charge in [0.1, 0.15) is 24.4 Å². The molecule has 0 radical (unpaired) electrons. The van der Waals surface area contributed by atoms with Gasteiger partial charge in [0.05, 0.1) is 4.92 Å². The lowest BCUT2D eigenvalue weighted by Crippen LogP contribution is -1.95. The number of ether oxygens (including phenoxy) is 1. The average Bonchev–Trinajstić information content (AvgIpc) is 2.39. The second kappa shape index (κ2) is 5.00. The Hall–Kier alpha value is -2.83. The molecule has 1 heterocycles. The van der Waals surface area contributed by atoms with Crippen LogP contribution in [0.3, 0.4) is 0 Å². The number of hydrogen-bond donors (Lipinski definition) is 0. The maximum atomic E-state index is 10.6. The Bertz CT molecular complexity index is 583. The molecule has 0 bridgehead atoms. The maximum Gasteiger partial charge on any atom is 0.322 e. The smallest absolute Gasteiger partial charge is 0.322 e. The van der Waals surface area contributed by atoms with Gasteiger partial charge in [0.2, 0.25) is 0 Å². The molecule has 0 saturated heterocycles. The monoisotopic (exact) mass is 245 g/mol. The predicted molar refractivity (Wildman–Crippen MR) is 60.6 cm³/mol. The van der Waals surface area contributed by atoms with Crippen molar-refractivity contribution in [3.8, 4) is 11.8 Å². The largest absolute Gasteiger partial charge is 0.424 e. The number of hydrogen-bond acceptors (Lipinski definition) is 6. The van der Waals surface area contributed by atoms with Crippen LogP contribution in [0.25, 0.3) is 0 Å². The van der Waals surface area contributed by atoms with Crippen LogP contribution in [0.2, 0.25) is 0 Å². The average molecular weight is 245 g/mol. The second-order valence-electron chi connectivity index (χ2n) is 3.27. The first-order valence-electron chi connectivity index (χ1n) is 4.88. The normalized spacial score (nSPS) is 9.78. The van der Waals surface area contributed by atoms with Crippen LogP contribution < -0.4 is 4.74 Å². The summed E-state index contributed by atoms with van der Waals surface area (Å²) >= 11 is 0. The van der Waals surface area contributed by atoms with Gasteiger partial charge in [-0.15, -0.1) is 0 Å².